The van der Waals surface area contributed by atoms with Gasteiger partial charge >= 0.3 is 0 Å². The Hall–Kier alpha value is -3.05. The number of nitrogens with zero attached hydrogens (tertiary/aromatic N) is 4. The molecule has 1 amide bonds. The van der Waals surface area contributed by atoms with Crippen LogP contribution in [0.5, 0.6) is 0 Å². The summed E-state index contributed by atoms with van der Waals surface area (Å²) in [6.07, 6.45) is 0. The van der Waals surface area contributed by atoms with Gasteiger partial charge in [0.15, 0.2) is 0 Å². The molecule has 1 fully saturated rings. The van der Waals surface area contributed by atoms with Crippen molar-refractivity contribution < 1.29 is 22.5 Å². The van der Waals surface area contributed by atoms with Gasteiger partial charge in [0, 0.05) is 45.3 Å². The highest BCUT2D eigenvalue weighted by Crippen LogP contribution is 2.32. The van der Waals surface area contributed by atoms with Gasteiger partial charge in [0.25, 0.3) is 11.6 Å². The Morgan fingerprint density at radius 3 is 2.28 bits per heavy atom. The van der Waals surface area contributed by atoms with Gasteiger partial charge in [-0.25, -0.2) is 12.8 Å². The highest BCUT2D eigenvalue weighted by molar-refractivity contribution is 7.89. The number of benzene rings is 2. The van der Waals surface area contributed by atoms with E-state index in [0.717, 1.165) is 6.07 Å². The molecule has 2 aromatic carbocycles. The fourth-order valence-electron chi connectivity index (χ4n) is 3.75. The first-order valence-corrected chi connectivity index (χ1v) is 11.7. The molecule has 172 valence electrons. The Morgan fingerprint density at radius 1 is 1.09 bits per heavy atom. The Labute approximate surface area is 186 Å². The molecular weight excluding hydrogens is 439 g/mol. The maximum absolute atomic E-state index is 13.9. The van der Waals surface area contributed by atoms with Crippen molar-refractivity contribution in [2.45, 2.75) is 18.7 Å². The van der Waals surface area contributed by atoms with Crippen molar-refractivity contribution in [1.82, 2.24) is 9.21 Å². The SMILES string of the molecule is CCN(CC)S(=O)(=O)c1ccc(N2CCN(C(=O)c3ccccc3F)CC2)c([N+](=O)[O-])c1. The van der Waals surface area contributed by atoms with Gasteiger partial charge in [0.1, 0.15) is 11.5 Å². The third-order valence-corrected chi connectivity index (χ3v) is 7.54. The molecule has 1 aliphatic rings. The maximum atomic E-state index is 13.9. The van der Waals surface area contributed by atoms with Crippen LogP contribution in [-0.2, 0) is 10.0 Å². The summed E-state index contributed by atoms with van der Waals surface area (Å²) in [7, 11) is -3.84. The topological polar surface area (TPSA) is 104 Å². The van der Waals surface area contributed by atoms with Crippen LogP contribution in [0.25, 0.3) is 0 Å². The van der Waals surface area contributed by atoms with E-state index in [9.17, 15) is 27.7 Å². The summed E-state index contributed by atoms with van der Waals surface area (Å²) < 4.78 is 40.7. The Morgan fingerprint density at radius 2 is 1.72 bits per heavy atom. The summed E-state index contributed by atoms with van der Waals surface area (Å²) in [4.78, 5) is 26.8. The molecule has 0 spiro atoms. The van der Waals surface area contributed by atoms with Crippen molar-refractivity contribution in [3.63, 3.8) is 0 Å². The molecule has 1 heterocycles. The first-order chi connectivity index (χ1) is 15.2. The van der Waals surface area contributed by atoms with E-state index in [1.165, 1.54) is 39.5 Å². The average Bonchev–Trinajstić information content (AvgIpc) is 2.79. The number of rotatable bonds is 7. The number of amides is 1. The lowest BCUT2D eigenvalue weighted by Crippen LogP contribution is -2.49. The second-order valence-electron chi connectivity index (χ2n) is 7.26. The fourth-order valence-corrected chi connectivity index (χ4v) is 5.22. The zero-order valence-electron chi connectivity index (χ0n) is 17.9. The molecule has 2 aromatic rings. The highest BCUT2D eigenvalue weighted by atomic mass is 32.2. The van der Waals surface area contributed by atoms with Crippen LogP contribution in [0.15, 0.2) is 47.4 Å². The standard InChI is InChI=1S/C21H25FN4O5S/c1-3-25(4-2)32(30,31)16-9-10-19(20(15-16)26(28)29)23-11-13-24(14-12-23)21(27)17-7-5-6-8-18(17)22/h5-10,15H,3-4,11-14H2,1-2H3. The number of hydrogen-bond donors (Lipinski definition) is 0. The molecule has 0 unspecified atom stereocenters. The molecule has 0 atom stereocenters. The van der Waals surface area contributed by atoms with E-state index in [1.54, 1.807) is 24.8 Å². The number of halogens is 1. The van der Waals surface area contributed by atoms with Crippen molar-refractivity contribution in [2.75, 3.05) is 44.2 Å². The van der Waals surface area contributed by atoms with E-state index in [2.05, 4.69) is 0 Å². The predicted molar refractivity (Wildman–Crippen MR) is 118 cm³/mol. The van der Waals surface area contributed by atoms with E-state index in [0.29, 0.717) is 13.1 Å². The number of anilines is 1. The molecule has 0 N–H and O–H groups in total. The molecule has 0 radical (unpaired) electrons. The molecule has 0 aromatic heterocycles. The zero-order chi connectivity index (χ0) is 23.5. The number of nitro groups is 1. The molecule has 32 heavy (non-hydrogen) atoms. The Bertz CT molecular complexity index is 1110. The van der Waals surface area contributed by atoms with Crippen LogP contribution in [-0.4, -0.2) is 67.7 Å². The lowest BCUT2D eigenvalue weighted by molar-refractivity contribution is -0.384. The number of nitro benzene ring substituents is 1. The van der Waals surface area contributed by atoms with Crippen LogP contribution in [0.2, 0.25) is 0 Å². The minimum atomic E-state index is -3.84. The first kappa shape index (κ1) is 23.6. The fraction of sp³-hybridized carbons (Fsp3) is 0.381. The number of carbonyl (C=O) groups is 1. The maximum Gasteiger partial charge on any atom is 0.293 e. The van der Waals surface area contributed by atoms with Crippen LogP contribution in [0.1, 0.15) is 24.2 Å². The minimum absolute atomic E-state index is 0.0158. The number of sulfonamides is 1. The van der Waals surface area contributed by atoms with Gasteiger partial charge in [-0.2, -0.15) is 4.31 Å². The van der Waals surface area contributed by atoms with Crippen LogP contribution in [0.4, 0.5) is 15.8 Å². The summed E-state index contributed by atoms with van der Waals surface area (Å²) in [5, 5.41) is 11.7. The number of hydrogen-bond acceptors (Lipinski definition) is 6. The van der Waals surface area contributed by atoms with Crippen molar-refractivity contribution in [2.24, 2.45) is 0 Å². The van der Waals surface area contributed by atoms with Gasteiger partial charge in [-0.15, -0.1) is 0 Å². The van der Waals surface area contributed by atoms with E-state index >= 15 is 0 Å². The molecule has 3 rings (SSSR count). The molecule has 9 nitrogen and oxygen atoms in total. The van der Waals surface area contributed by atoms with E-state index in [4.69, 9.17) is 0 Å². The monoisotopic (exact) mass is 464 g/mol. The smallest absolute Gasteiger partial charge is 0.293 e. The first-order valence-electron chi connectivity index (χ1n) is 10.3. The molecule has 0 bridgehead atoms. The highest BCUT2D eigenvalue weighted by Gasteiger charge is 2.30. The van der Waals surface area contributed by atoms with E-state index in [1.807, 2.05) is 0 Å². The third-order valence-electron chi connectivity index (χ3n) is 5.50. The largest absolute Gasteiger partial charge is 0.362 e. The Kier molecular flexibility index (Phi) is 7.09. The second kappa shape index (κ2) is 9.61. The van der Waals surface area contributed by atoms with Crippen molar-refractivity contribution >= 4 is 27.3 Å². The molecule has 0 aliphatic carbocycles. The summed E-state index contributed by atoms with van der Waals surface area (Å²) in [5.41, 5.74) is -0.0449. The summed E-state index contributed by atoms with van der Waals surface area (Å²) >= 11 is 0. The van der Waals surface area contributed by atoms with Crippen molar-refractivity contribution in [3.05, 3.63) is 64.0 Å². The summed E-state index contributed by atoms with van der Waals surface area (Å²) in [6, 6.07) is 9.62. The summed E-state index contributed by atoms with van der Waals surface area (Å²) in [5.74, 6) is -1.03. The van der Waals surface area contributed by atoms with E-state index in [-0.39, 0.29) is 48.0 Å². The molecular formula is C21H25FN4O5S. The Balaban J connectivity index is 1.81. The van der Waals surface area contributed by atoms with Crippen molar-refractivity contribution in [1.29, 1.82) is 0 Å². The molecule has 0 saturated carbocycles. The zero-order valence-corrected chi connectivity index (χ0v) is 18.7. The molecule has 1 aliphatic heterocycles. The van der Waals surface area contributed by atoms with Crippen LogP contribution >= 0.6 is 0 Å². The van der Waals surface area contributed by atoms with Gasteiger partial charge in [0.2, 0.25) is 10.0 Å². The van der Waals surface area contributed by atoms with Gasteiger partial charge in [-0.05, 0) is 24.3 Å². The van der Waals surface area contributed by atoms with Crippen molar-refractivity contribution in [3.8, 4) is 0 Å². The summed E-state index contributed by atoms with van der Waals surface area (Å²) in [6.45, 7) is 5.01. The lowest BCUT2D eigenvalue weighted by Gasteiger charge is -2.36. The quantitative estimate of drug-likeness (QED) is 0.461. The van der Waals surface area contributed by atoms with Gasteiger partial charge in [-0.3, -0.25) is 14.9 Å². The van der Waals surface area contributed by atoms with E-state index < -0.39 is 26.7 Å². The average molecular weight is 465 g/mol. The predicted octanol–water partition coefficient (Wildman–Crippen LogP) is 2.73. The molecule has 11 heteroatoms. The molecule has 1 saturated heterocycles. The number of piperazine rings is 1. The minimum Gasteiger partial charge on any atom is -0.362 e. The normalized spacial score (nSPS) is 14.6. The van der Waals surface area contributed by atoms with Crippen LogP contribution in [0, 0.1) is 15.9 Å². The lowest BCUT2D eigenvalue weighted by atomic mass is 10.1. The van der Waals surface area contributed by atoms with Crippen LogP contribution < -0.4 is 4.90 Å². The van der Waals surface area contributed by atoms with Crippen LogP contribution in [0.3, 0.4) is 0 Å². The van der Waals surface area contributed by atoms with Gasteiger partial charge < -0.3 is 9.80 Å². The third kappa shape index (κ3) is 4.58. The van der Waals surface area contributed by atoms with Gasteiger partial charge in [0.05, 0.1) is 15.4 Å². The van der Waals surface area contributed by atoms with Gasteiger partial charge in [-0.1, -0.05) is 26.0 Å². The number of carbonyl (C=O) groups excluding carboxylic acids is 1. The second-order valence-corrected chi connectivity index (χ2v) is 9.19.